The SMILES string of the molecule is CCNC(C)c1cccnc1-n1ccc(C(=O)NC)n1. The van der Waals surface area contributed by atoms with E-state index >= 15 is 0 Å². The molecule has 2 N–H and O–H groups in total. The van der Waals surface area contributed by atoms with Crippen LogP contribution in [0.5, 0.6) is 0 Å². The van der Waals surface area contributed by atoms with Crippen molar-refractivity contribution < 1.29 is 4.79 Å². The number of nitrogens with zero attached hydrogens (tertiary/aromatic N) is 3. The fraction of sp³-hybridized carbons (Fsp3) is 0.357. The first kappa shape index (κ1) is 14.2. The lowest BCUT2D eigenvalue weighted by Gasteiger charge is -2.15. The Bertz CT molecular complexity index is 593. The van der Waals surface area contributed by atoms with Gasteiger partial charge < -0.3 is 10.6 Å². The van der Waals surface area contributed by atoms with Crippen LogP contribution in [-0.2, 0) is 0 Å². The van der Waals surface area contributed by atoms with Crippen molar-refractivity contribution in [1.82, 2.24) is 25.4 Å². The zero-order valence-corrected chi connectivity index (χ0v) is 11.9. The van der Waals surface area contributed by atoms with Gasteiger partial charge in [0.1, 0.15) is 0 Å². The summed E-state index contributed by atoms with van der Waals surface area (Å²) in [5.41, 5.74) is 1.42. The minimum Gasteiger partial charge on any atom is -0.354 e. The molecule has 1 amide bonds. The first-order valence-corrected chi connectivity index (χ1v) is 6.63. The second-order valence-electron chi connectivity index (χ2n) is 4.42. The van der Waals surface area contributed by atoms with Crippen molar-refractivity contribution in [2.75, 3.05) is 13.6 Å². The smallest absolute Gasteiger partial charge is 0.271 e. The standard InChI is InChI=1S/C14H19N5O/c1-4-16-10(2)11-6-5-8-17-13(11)19-9-7-12(18-19)14(20)15-3/h5-10,16H,4H2,1-3H3,(H,15,20). The van der Waals surface area contributed by atoms with Gasteiger partial charge in [0.05, 0.1) is 0 Å². The highest BCUT2D eigenvalue weighted by molar-refractivity contribution is 5.91. The Morgan fingerprint density at radius 1 is 1.45 bits per heavy atom. The Balaban J connectivity index is 2.37. The third kappa shape index (κ3) is 2.85. The van der Waals surface area contributed by atoms with E-state index in [0.29, 0.717) is 5.69 Å². The fourth-order valence-corrected chi connectivity index (χ4v) is 2.05. The number of hydrogen-bond acceptors (Lipinski definition) is 4. The summed E-state index contributed by atoms with van der Waals surface area (Å²) in [6, 6.07) is 5.75. The molecule has 2 aromatic heterocycles. The number of hydrogen-bond donors (Lipinski definition) is 2. The molecule has 0 spiro atoms. The van der Waals surface area contributed by atoms with Crippen LogP contribution in [0.3, 0.4) is 0 Å². The third-order valence-corrected chi connectivity index (χ3v) is 3.06. The second-order valence-corrected chi connectivity index (χ2v) is 4.42. The molecule has 0 aliphatic rings. The number of pyridine rings is 1. The second kappa shape index (κ2) is 6.29. The lowest BCUT2D eigenvalue weighted by Crippen LogP contribution is -2.21. The molecule has 0 saturated carbocycles. The molecule has 1 atom stereocenters. The first-order chi connectivity index (χ1) is 9.67. The van der Waals surface area contributed by atoms with Gasteiger partial charge in [-0.05, 0) is 25.6 Å². The topological polar surface area (TPSA) is 71.8 Å². The van der Waals surface area contributed by atoms with E-state index < -0.39 is 0 Å². The van der Waals surface area contributed by atoms with Crippen molar-refractivity contribution in [1.29, 1.82) is 0 Å². The molecule has 0 aliphatic carbocycles. The average molecular weight is 273 g/mol. The highest BCUT2D eigenvalue weighted by Crippen LogP contribution is 2.18. The molecule has 0 aromatic carbocycles. The third-order valence-electron chi connectivity index (χ3n) is 3.06. The number of amides is 1. The molecule has 106 valence electrons. The van der Waals surface area contributed by atoms with Crippen LogP contribution in [-0.4, -0.2) is 34.3 Å². The van der Waals surface area contributed by atoms with E-state index in [4.69, 9.17) is 0 Å². The average Bonchev–Trinajstić information content (AvgIpc) is 2.96. The van der Waals surface area contributed by atoms with Gasteiger partial charge in [-0.2, -0.15) is 5.10 Å². The molecular formula is C14H19N5O. The molecule has 0 saturated heterocycles. The summed E-state index contributed by atoms with van der Waals surface area (Å²) in [6.45, 7) is 5.01. The van der Waals surface area contributed by atoms with Gasteiger partial charge in [0.2, 0.25) is 0 Å². The maximum Gasteiger partial charge on any atom is 0.271 e. The molecule has 6 heteroatoms. The summed E-state index contributed by atoms with van der Waals surface area (Å²) in [5.74, 6) is 0.525. The van der Waals surface area contributed by atoms with Crippen LogP contribution in [0, 0.1) is 0 Å². The van der Waals surface area contributed by atoms with Crippen molar-refractivity contribution in [3.05, 3.63) is 41.9 Å². The largest absolute Gasteiger partial charge is 0.354 e. The summed E-state index contributed by atoms with van der Waals surface area (Å²) in [4.78, 5) is 15.9. The molecule has 2 heterocycles. The van der Waals surface area contributed by atoms with Gasteiger partial charge in [0.15, 0.2) is 11.5 Å². The number of rotatable bonds is 5. The molecule has 1 unspecified atom stereocenters. The van der Waals surface area contributed by atoms with E-state index in [1.807, 2.05) is 12.1 Å². The van der Waals surface area contributed by atoms with E-state index in [9.17, 15) is 4.79 Å². The van der Waals surface area contributed by atoms with Crippen LogP contribution in [0.1, 0.15) is 35.9 Å². The predicted octanol–water partition coefficient (Wildman–Crippen LogP) is 1.30. The number of aromatic nitrogens is 3. The Morgan fingerprint density at radius 3 is 2.95 bits per heavy atom. The van der Waals surface area contributed by atoms with E-state index in [-0.39, 0.29) is 11.9 Å². The number of nitrogens with one attached hydrogen (secondary N) is 2. The van der Waals surface area contributed by atoms with Crippen LogP contribution >= 0.6 is 0 Å². The summed E-state index contributed by atoms with van der Waals surface area (Å²) >= 11 is 0. The Hall–Kier alpha value is -2.21. The van der Waals surface area contributed by atoms with E-state index in [1.165, 1.54) is 0 Å². The van der Waals surface area contributed by atoms with Crippen LogP contribution in [0.15, 0.2) is 30.6 Å². The minimum atomic E-state index is -0.207. The van der Waals surface area contributed by atoms with Gasteiger partial charge in [-0.3, -0.25) is 4.79 Å². The molecule has 0 bridgehead atoms. The van der Waals surface area contributed by atoms with Crippen LogP contribution in [0.4, 0.5) is 0 Å². The van der Waals surface area contributed by atoms with Gasteiger partial charge in [0.25, 0.3) is 5.91 Å². The Kier molecular flexibility index (Phi) is 4.47. The van der Waals surface area contributed by atoms with Crippen molar-refractivity contribution in [3.63, 3.8) is 0 Å². The van der Waals surface area contributed by atoms with Crippen molar-refractivity contribution >= 4 is 5.91 Å². The Morgan fingerprint density at radius 2 is 2.25 bits per heavy atom. The zero-order chi connectivity index (χ0) is 14.5. The molecule has 6 nitrogen and oxygen atoms in total. The van der Waals surface area contributed by atoms with Crippen LogP contribution in [0.2, 0.25) is 0 Å². The van der Waals surface area contributed by atoms with Gasteiger partial charge >= 0.3 is 0 Å². The molecule has 2 rings (SSSR count). The van der Waals surface area contributed by atoms with Gasteiger partial charge in [0, 0.05) is 31.0 Å². The minimum absolute atomic E-state index is 0.163. The first-order valence-electron chi connectivity index (χ1n) is 6.63. The zero-order valence-electron chi connectivity index (χ0n) is 11.9. The fourth-order valence-electron chi connectivity index (χ4n) is 2.05. The molecule has 0 radical (unpaired) electrons. The maximum absolute atomic E-state index is 11.6. The van der Waals surface area contributed by atoms with Crippen molar-refractivity contribution in [3.8, 4) is 5.82 Å². The quantitative estimate of drug-likeness (QED) is 0.861. The Labute approximate surface area is 118 Å². The highest BCUT2D eigenvalue weighted by atomic mass is 16.1. The number of carbonyl (C=O) groups excluding carboxylic acids is 1. The summed E-state index contributed by atoms with van der Waals surface area (Å²) < 4.78 is 1.63. The molecule has 0 aliphatic heterocycles. The molecule has 2 aromatic rings. The van der Waals surface area contributed by atoms with E-state index in [2.05, 4.69) is 34.6 Å². The highest BCUT2D eigenvalue weighted by Gasteiger charge is 2.14. The van der Waals surface area contributed by atoms with Gasteiger partial charge in [-0.15, -0.1) is 0 Å². The van der Waals surface area contributed by atoms with Crippen LogP contribution < -0.4 is 10.6 Å². The molecule has 20 heavy (non-hydrogen) atoms. The predicted molar refractivity (Wildman–Crippen MR) is 76.8 cm³/mol. The van der Waals surface area contributed by atoms with E-state index in [0.717, 1.165) is 17.9 Å². The monoisotopic (exact) mass is 273 g/mol. The lowest BCUT2D eigenvalue weighted by molar-refractivity contribution is 0.0957. The summed E-state index contributed by atoms with van der Waals surface area (Å²) in [6.07, 6.45) is 3.47. The maximum atomic E-state index is 11.6. The van der Waals surface area contributed by atoms with Gasteiger partial charge in [-0.1, -0.05) is 13.0 Å². The normalized spacial score (nSPS) is 12.2. The van der Waals surface area contributed by atoms with Crippen molar-refractivity contribution in [2.45, 2.75) is 19.9 Å². The summed E-state index contributed by atoms with van der Waals surface area (Å²) in [5, 5.41) is 10.2. The number of carbonyl (C=O) groups is 1. The van der Waals surface area contributed by atoms with E-state index in [1.54, 1.807) is 30.2 Å². The van der Waals surface area contributed by atoms with Gasteiger partial charge in [-0.25, -0.2) is 9.67 Å². The summed E-state index contributed by atoms with van der Waals surface area (Å²) in [7, 11) is 1.58. The molecule has 0 fully saturated rings. The molecular weight excluding hydrogens is 254 g/mol. The van der Waals surface area contributed by atoms with Crippen LogP contribution in [0.25, 0.3) is 5.82 Å². The lowest BCUT2D eigenvalue weighted by atomic mass is 10.1. The van der Waals surface area contributed by atoms with Crippen molar-refractivity contribution in [2.24, 2.45) is 0 Å².